The number of likely N-dealkylation sites (tertiary alicyclic amines) is 1. The van der Waals surface area contributed by atoms with E-state index in [0.29, 0.717) is 57.0 Å². The number of amides is 1. The maximum absolute atomic E-state index is 14.4. The van der Waals surface area contributed by atoms with Crippen molar-refractivity contribution in [3.8, 4) is 22.6 Å². The smallest absolute Gasteiger partial charge is 0.303 e. The third-order valence-corrected chi connectivity index (χ3v) is 11.5. The minimum atomic E-state index is -2.74. The van der Waals surface area contributed by atoms with Crippen LogP contribution in [0.25, 0.3) is 21.9 Å². The highest BCUT2D eigenvalue weighted by atomic mass is 19.3. The number of carboxylic acids is 1. The molecule has 0 saturated carbocycles. The van der Waals surface area contributed by atoms with E-state index in [2.05, 4.69) is 28.9 Å². The second-order valence-electron chi connectivity index (χ2n) is 15.0. The lowest BCUT2D eigenvalue weighted by molar-refractivity contribution is -0.297. The number of nitrogens with one attached hydrogen (secondary N) is 2. The van der Waals surface area contributed by atoms with Crippen LogP contribution in [0.1, 0.15) is 57.4 Å². The van der Waals surface area contributed by atoms with Gasteiger partial charge in [0.15, 0.2) is 0 Å². The number of halogens is 3. The quantitative estimate of drug-likeness (QED) is 0.169. The lowest BCUT2D eigenvalue weighted by Crippen LogP contribution is -2.90. The van der Waals surface area contributed by atoms with Gasteiger partial charge in [0.2, 0.25) is 5.79 Å². The number of fused-ring (bicyclic) bond motifs is 5. The molecular formula is C39H47F3N4O5. The van der Waals surface area contributed by atoms with Crippen LogP contribution < -0.4 is 20.2 Å². The van der Waals surface area contributed by atoms with Gasteiger partial charge in [0.25, 0.3) is 11.8 Å². The van der Waals surface area contributed by atoms with Crippen molar-refractivity contribution in [1.29, 1.82) is 0 Å². The van der Waals surface area contributed by atoms with Crippen LogP contribution in [-0.2, 0) is 16.0 Å². The van der Waals surface area contributed by atoms with E-state index < -0.39 is 23.1 Å². The molecule has 3 N–H and O–H groups in total. The lowest BCUT2D eigenvalue weighted by atomic mass is 9.61. The minimum absolute atomic E-state index is 0.116. The highest BCUT2D eigenvalue weighted by Crippen LogP contribution is 2.58. The third kappa shape index (κ3) is 6.78. The summed E-state index contributed by atoms with van der Waals surface area (Å²) in [5.41, 5.74) is 4.71. The molecule has 8 rings (SSSR count). The van der Waals surface area contributed by atoms with Gasteiger partial charge < -0.3 is 19.9 Å². The Bertz CT molecular complexity index is 1770. The standard InChI is InChI=1S/C28H31NO4.C11H16F3N3O/c1-32-25-9-4-10-26(33-17-18-15-20-12-13-21(16-18)29-20)28(25)24-8-3-6-22-19(11-14-27(30)31)5-2-7-23(22)24;1-9(12,13)7-16-4-2-10(3-5-16)8(18)17-11(10,14)6-15-17/h2-10,18,20-21,29H,11-17H2,1H3,(H,30,31);15H,2-7H2,1H3. The third-order valence-electron chi connectivity index (χ3n) is 11.5. The van der Waals surface area contributed by atoms with Gasteiger partial charge in [-0.25, -0.2) is 23.6 Å². The molecule has 12 heteroatoms. The van der Waals surface area contributed by atoms with Crippen LogP contribution in [0.2, 0.25) is 0 Å². The molecule has 3 atom stereocenters. The van der Waals surface area contributed by atoms with Crippen molar-refractivity contribution < 1.29 is 37.3 Å². The molecule has 5 aliphatic heterocycles. The van der Waals surface area contributed by atoms with Gasteiger partial charge in [-0.2, -0.15) is 0 Å². The van der Waals surface area contributed by atoms with Gasteiger partial charge in [-0.15, -0.1) is 0 Å². The predicted octanol–water partition coefficient (Wildman–Crippen LogP) is 6.19. The van der Waals surface area contributed by atoms with Crippen LogP contribution in [0, 0.1) is 11.3 Å². The molecule has 9 nitrogen and oxygen atoms in total. The average molecular weight is 709 g/mol. The number of β-lactam (4-membered cyclic amide) rings is 1. The number of aliphatic carboxylic acids is 1. The molecule has 1 amide bonds. The monoisotopic (exact) mass is 708 g/mol. The molecule has 0 radical (unpaired) electrons. The molecule has 5 aliphatic rings. The Balaban J connectivity index is 0.000000190. The Morgan fingerprint density at radius 1 is 1.00 bits per heavy atom. The number of rotatable bonds is 10. The van der Waals surface area contributed by atoms with Crippen molar-refractivity contribution in [2.45, 2.75) is 82.1 Å². The van der Waals surface area contributed by atoms with Crippen LogP contribution in [0.3, 0.4) is 0 Å². The Labute approximate surface area is 296 Å². The van der Waals surface area contributed by atoms with Gasteiger partial charge in [0, 0.05) is 25.4 Å². The first-order valence-electron chi connectivity index (χ1n) is 18.1. The molecule has 3 aromatic rings. The first-order valence-corrected chi connectivity index (χ1v) is 18.1. The number of nitrogens with zero attached hydrogens (tertiary/aromatic N) is 2. The molecule has 1 spiro atoms. The topological polar surface area (TPSA) is 103 Å². The molecular weight excluding hydrogens is 661 g/mol. The molecule has 274 valence electrons. The van der Waals surface area contributed by atoms with Crippen LogP contribution in [0.15, 0.2) is 54.6 Å². The zero-order valence-electron chi connectivity index (χ0n) is 29.2. The molecule has 5 heterocycles. The summed E-state index contributed by atoms with van der Waals surface area (Å²) in [5, 5.41) is 16.0. The average Bonchev–Trinajstić information content (AvgIpc) is 3.45. The number of piperidine rings is 2. The van der Waals surface area contributed by atoms with Crippen molar-refractivity contribution in [3.63, 3.8) is 0 Å². The summed E-state index contributed by atoms with van der Waals surface area (Å²) in [6.45, 7) is 2.13. The number of ether oxygens (including phenoxy) is 2. The van der Waals surface area contributed by atoms with Gasteiger partial charge in [-0.3, -0.25) is 14.5 Å². The summed E-state index contributed by atoms with van der Waals surface area (Å²) < 4.78 is 52.4. The number of carbonyl (C=O) groups excluding carboxylic acids is 1. The fourth-order valence-corrected chi connectivity index (χ4v) is 8.96. The van der Waals surface area contributed by atoms with Crippen LogP contribution in [0.4, 0.5) is 13.2 Å². The number of methoxy groups -OCH3 is 1. The van der Waals surface area contributed by atoms with E-state index in [1.54, 1.807) is 12.0 Å². The summed E-state index contributed by atoms with van der Waals surface area (Å²) in [5.74, 6) is -3.15. The molecule has 2 bridgehead atoms. The van der Waals surface area contributed by atoms with Gasteiger partial charge in [0.05, 0.1) is 32.4 Å². The van der Waals surface area contributed by atoms with Gasteiger partial charge in [-0.05, 0) is 98.0 Å². The van der Waals surface area contributed by atoms with Crippen molar-refractivity contribution >= 4 is 22.6 Å². The summed E-state index contributed by atoms with van der Waals surface area (Å²) in [6, 6.07) is 19.6. The number of hydrogen-bond acceptors (Lipinski definition) is 7. The van der Waals surface area contributed by atoms with Crippen molar-refractivity contribution in [2.75, 3.05) is 39.9 Å². The highest BCUT2D eigenvalue weighted by molar-refractivity contribution is 6.01. The maximum Gasteiger partial charge on any atom is 0.303 e. The molecule has 3 unspecified atom stereocenters. The van der Waals surface area contributed by atoms with Gasteiger partial charge >= 0.3 is 5.97 Å². The van der Waals surface area contributed by atoms with Crippen molar-refractivity contribution in [3.05, 3.63) is 60.2 Å². The van der Waals surface area contributed by atoms with E-state index in [0.717, 1.165) is 50.9 Å². The normalized spacial score (nSPS) is 26.5. The first-order chi connectivity index (χ1) is 24.4. The number of hydrazine groups is 1. The second-order valence-corrected chi connectivity index (χ2v) is 15.0. The number of hydrogen-bond donors (Lipinski definition) is 3. The summed E-state index contributed by atoms with van der Waals surface area (Å²) in [6.07, 6.45) is 6.20. The molecule has 0 aromatic heterocycles. The summed E-state index contributed by atoms with van der Waals surface area (Å²) in [4.78, 5) is 24.6. The summed E-state index contributed by atoms with van der Waals surface area (Å²) >= 11 is 0. The van der Waals surface area contributed by atoms with Gasteiger partial charge in [0.1, 0.15) is 16.9 Å². The highest BCUT2D eigenvalue weighted by Gasteiger charge is 2.77. The van der Waals surface area contributed by atoms with E-state index in [-0.39, 0.29) is 25.4 Å². The number of benzene rings is 3. The molecule has 5 saturated heterocycles. The Kier molecular flexibility index (Phi) is 9.70. The summed E-state index contributed by atoms with van der Waals surface area (Å²) in [7, 11) is 1.69. The molecule has 0 aliphatic carbocycles. The van der Waals surface area contributed by atoms with E-state index >= 15 is 0 Å². The fraction of sp³-hybridized carbons (Fsp3) is 0.538. The number of aryl methyl sites for hydroxylation is 1. The van der Waals surface area contributed by atoms with E-state index in [1.807, 2.05) is 36.4 Å². The van der Waals surface area contributed by atoms with E-state index in [4.69, 9.17) is 14.6 Å². The Morgan fingerprint density at radius 2 is 1.67 bits per heavy atom. The number of alkyl halides is 3. The largest absolute Gasteiger partial charge is 0.496 e. The molecule has 51 heavy (non-hydrogen) atoms. The molecule has 3 aromatic carbocycles. The first kappa shape index (κ1) is 35.5. The molecule has 5 fully saturated rings. The van der Waals surface area contributed by atoms with Crippen molar-refractivity contribution in [2.24, 2.45) is 11.3 Å². The zero-order chi connectivity index (χ0) is 36.0. The minimum Gasteiger partial charge on any atom is -0.496 e. The van der Waals surface area contributed by atoms with Crippen molar-refractivity contribution in [1.82, 2.24) is 20.7 Å². The fourth-order valence-electron chi connectivity index (χ4n) is 8.96. The second kappa shape index (κ2) is 13.9. The van der Waals surface area contributed by atoms with E-state index in [9.17, 15) is 22.8 Å². The maximum atomic E-state index is 14.4. The Morgan fingerprint density at radius 3 is 2.29 bits per heavy atom. The lowest BCUT2D eigenvalue weighted by Gasteiger charge is -2.67. The SMILES string of the molecule is CC(F)(F)CN1CCC2(CC1)C(=O)N1NCC12F.COc1cccc(OCC2CC3CCC(C2)N3)c1-c1cccc2c(CCC(=O)O)cccc12. The predicted molar refractivity (Wildman–Crippen MR) is 187 cm³/mol. The Hall–Kier alpha value is -3.87. The van der Waals surface area contributed by atoms with Crippen LogP contribution >= 0.6 is 0 Å². The van der Waals surface area contributed by atoms with Crippen LogP contribution in [-0.4, -0.2) is 90.6 Å². The van der Waals surface area contributed by atoms with Gasteiger partial charge in [-0.1, -0.05) is 42.5 Å². The van der Waals surface area contributed by atoms with E-state index in [1.165, 1.54) is 25.7 Å². The number of carbonyl (C=O) groups is 2. The number of carboxylic acid groups (broad SMARTS) is 1. The zero-order valence-corrected chi connectivity index (χ0v) is 29.2. The van der Waals surface area contributed by atoms with Crippen LogP contribution in [0.5, 0.6) is 11.5 Å².